The highest BCUT2D eigenvalue weighted by molar-refractivity contribution is 6.00. The lowest BCUT2D eigenvalue weighted by Gasteiger charge is -2.35. The number of carbonyl (C=O) groups is 1. The molecule has 1 aliphatic rings. The van der Waals surface area contributed by atoms with E-state index in [4.69, 9.17) is 9.47 Å². The molecule has 0 aliphatic carbocycles. The van der Waals surface area contributed by atoms with Crippen LogP contribution < -0.4 is 9.84 Å². The van der Waals surface area contributed by atoms with E-state index in [2.05, 4.69) is 4.58 Å². The van der Waals surface area contributed by atoms with Gasteiger partial charge in [-0.05, 0) is 36.8 Å². The summed E-state index contributed by atoms with van der Waals surface area (Å²) in [4.78, 5) is 15.0. The van der Waals surface area contributed by atoms with Crippen LogP contribution in [0.25, 0.3) is 0 Å². The molecule has 0 spiro atoms. The molecule has 0 amide bonds. The van der Waals surface area contributed by atoms with Crippen LogP contribution in [-0.4, -0.2) is 55.2 Å². The first kappa shape index (κ1) is 23.5. The van der Waals surface area contributed by atoms with Crippen LogP contribution in [0, 0.1) is 6.92 Å². The van der Waals surface area contributed by atoms with Gasteiger partial charge in [-0.3, -0.25) is 4.58 Å². The third kappa shape index (κ3) is 4.41. The van der Waals surface area contributed by atoms with Crippen molar-refractivity contribution in [3.63, 3.8) is 0 Å². The Kier molecular flexibility index (Phi) is 6.98. The minimum Gasteiger partial charge on any atom is -0.545 e. The number of amidine groups is 1. The van der Waals surface area contributed by atoms with Gasteiger partial charge in [0.25, 0.3) is 5.84 Å². The molecule has 0 radical (unpaired) electrons. The van der Waals surface area contributed by atoms with Crippen LogP contribution in [-0.2, 0) is 21.6 Å². The molecule has 6 nitrogen and oxygen atoms in total. The number of rotatable bonds is 9. The van der Waals surface area contributed by atoms with Crippen LogP contribution in [0.3, 0.4) is 0 Å². The molecule has 0 fully saturated rings. The Hall–Kier alpha value is -3.64. The number of aliphatic carboxylic acids is 1. The van der Waals surface area contributed by atoms with Crippen LogP contribution >= 0.6 is 0 Å². The molecule has 0 bridgehead atoms. The van der Waals surface area contributed by atoms with E-state index in [1.807, 2.05) is 90.7 Å². The molecule has 0 saturated carbocycles. The van der Waals surface area contributed by atoms with Crippen molar-refractivity contribution in [2.24, 2.45) is 0 Å². The molecular formula is C28H30N2O4. The number of carboxylic acid groups (broad SMARTS) is 1. The molecule has 176 valence electrons. The smallest absolute Gasteiger partial charge is 0.280 e. The molecule has 0 saturated heterocycles. The molecule has 1 atom stereocenters. The van der Waals surface area contributed by atoms with E-state index in [1.54, 1.807) is 14.2 Å². The summed E-state index contributed by atoms with van der Waals surface area (Å²) in [6, 6.07) is 25.3. The van der Waals surface area contributed by atoms with Crippen molar-refractivity contribution in [2.45, 2.75) is 19.0 Å². The monoisotopic (exact) mass is 458 g/mol. The van der Waals surface area contributed by atoms with Gasteiger partial charge in [0.05, 0.1) is 25.2 Å². The number of carboxylic acids is 1. The van der Waals surface area contributed by atoms with E-state index < -0.39 is 11.5 Å². The fourth-order valence-corrected chi connectivity index (χ4v) is 4.60. The number of ether oxygens (including phenoxy) is 2. The summed E-state index contributed by atoms with van der Waals surface area (Å²) in [6.45, 7) is 3.66. The van der Waals surface area contributed by atoms with Gasteiger partial charge in [0.1, 0.15) is 25.4 Å². The van der Waals surface area contributed by atoms with Gasteiger partial charge in [0.15, 0.2) is 0 Å². The van der Waals surface area contributed by atoms with Gasteiger partial charge in [-0.15, -0.1) is 0 Å². The first-order valence-electron chi connectivity index (χ1n) is 11.3. The number of benzene rings is 3. The number of methoxy groups -OCH3 is 2. The number of nitrogens with zero attached hydrogens (tertiary/aromatic N) is 2. The van der Waals surface area contributed by atoms with E-state index in [1.165, 1.54) is 0 Å². The van der Waals surface area contributed by atoms with Crippen LogP contribution in [0.5, 0.6) is 5.75 Å². The lowest BCUT2D eigenvalue weighted by Crippen LogP contribution is -2.58. The average Bonchev–Trinajstić information content (AvgIpc) is 3.18. The normalized spacial score (nSPS) is 17.8. The van der Waals surface area contributed by atoms with E-state index in [-0.39, 0.29) is 6.54 Å². The van der Waals surface area contributed by atoms with Crippen LogP contribution in [0.15, 0.2) is 78.9 Å². The second kappa shape index (κ2) is 10.1. The summed E-state index contributed by atoms with van der Waals surface area (Å²) in [7, 11) is 3.28. The predicted octanol–water partition coefficient (Wildman–Crippen LogP) is 2.57. The van der Waals surface area contributed by atoms with Crippen LogP contribution in [0.4, 0.5) is 0 Å². The van der Waals surface area contributed by atoms with Gasteiger partial charge in [-0.1, -0.05) is 60.2 Å². The molecule has 1 unspecified atom stereocenters. The van der Waals surface area contributed by atoms with E-state index in [0.717, 1.165) is 28.3 Å². The van der Waals surface area contributed by atoms with Crippen molar-refractivity contribution in [2.75, 3.05) is 33.9 Å². The van der Waals surface area contributed by atoms with Crippen LogP contribution in [0.1, 0.15) is 22.3 Å². The van der Waals surface area contributed by atoms with Gasteiger partial charge < -0.3 is 19.4 Å². The van der Waals surface area contributed by atoms with Crippen molar-refractivity contribution in [1.29, 1.82) is 0 Å². The first-order chi connectivity index (χ1) is 16.5. The lowest BCUT2D eigenvalue weighted by molar-refractivity contribution is -0.528. The summed E-state index contributed by atoms with van der Waals surface area (Å²) in [5.41, 5.74) is 2.32. The summed E-state index contributed by atoms with van der Waals surface area (Å²) >= 11 is 0. The second-order valence-electron chi connectivity index (χ2n) is 8.55. The van der Waals surface area contributed by atoms with Crippen molar-refractivity contribution in [3.05, 3.63) is 101 Å². The fourth-order valence-electron chi connectivity index (χ4n) is 4.60. The largest absolute Gasteiger partial charge is 0.545 e. The Morgan fingerprint density at radius 1 is 1.00 bits per heavy atom. The topological polar surface area (TPSA) is 64.8 Å². The highest BCUT2D eigenvalue weighted by atomic mass is 16.5. The molecule has 1 aliphatic heterocycles. The van der Waals surface area contributed by atoms with Crippen molar-refractivity contribution in [1.82, 2.24) is 4.90 Å². The number of carbonyl (C=O) groups excluding carboxylic acids is 1. The zero-order chi connectivity index (χ0) is 24.1. The molecule has 0 aromatic heterocycles. The fraction of sp³-hybridized carbons (Fsp3) is 0.286. The summed E-state index contributed by atoms with van der Waals surface area (Å²) in [5, 5.41) is 13.1. The SMILES string of the molecule is COCC[N+]1=C(c2ccc(OC)cc2)N(Cc2ccccc2)C(C(=O)[O-])(c2ccc(C)cc2)C1. The molecule has 1 heterocycles. The average molecular weight is 459 g/mol. The number of hydrogen-bond acceptors (Lipinski definition) is 5. The van der Waals surface area contributed by atoms with Crippen molar-refractivity contribution >= 4 is 11.8 Å². The minimum atomic E-state index is -1.37. The maximum atomic E-state index is 13.1. The highest BCUT2D eigenvalue weighted by Crippen LogP contribution is 2.37. The quantitative estimate of drug-likeness (QED) is 0.461. The molecule has 0 N–H and O–H groups in total. The molecule has 3 aromatic carbocycles. The summed E-state index contributed by atoms with van der Waals surface area (Å²) < 4.78 is 12.8. The number of hydrogen-bond donors (Lipinski definition) is 0. The second-order valence-corrected chi connectivity index (χ2v) is 8.55. The lowest BCUT2D eigenvalue weighted by atomic mass is 9.87. The minimum absolute atomic E-state index is 0.246. The van der Waals surface area contributed by atoms with Crippen molar-refractivity contribution in [3.8, 4) is 5.75 Å². The van der Waals surface area contributed by atoms with E-state index in [9.17, 15) is 9.90 Å². The third-order valence-electron chi connectivity index (χ3n) is 6.40. The maximum Gasteiger partial charge on any atom is 0.280 e. The Bertz CT molecular complexity index is 1160. The van der Waals surface area contributed by atoms with Gasteiger partial charge in [0, 0.05) is 12.7 Å². The highest BCUT2D eigenvalue weighted by Gasteiger charge is 2.55. The van der Waals surface area contributed by atoms with E-state index in [0.29, 0.717) is 25.3 Å². The summed E-state index contributed by atoms with van der Waals surface area (Å²) in [6.07, 6.45) is 0. The predicted molar refractivity (Wildman–Crippen MR) is 129 cm³/mol. The standard InChI is InChI=1S/C28H30N2O4/c1-21-9-13-24(14-10-21)28(27(31)32)20-29(17-18-33-2)26(23-11-15-25(34-3)16-12-23)30(28)19-22-7-5-4-6-8-22/h4-16H,17-20H2,1-3H3. The molecular weight excluding hydrogens is 428 g/mol. The third-order valence-corrected chi connectivity index (χ3v) is 6.40. The zero-order valence-electron chi connectivity index (χ0n) is 19.9. The van der Waals surface area contributed by atoms with E-state index >= 15 is 0 Å². The van der Waals surface area contributed by atoms with Gasteiger partial charge in [-0.2, -0.15) is 0 Å². The Morgan fingerprint density at radius 2 is 1.68 bits per heavy atom. The van der Waals surface area contributed by atoms with Gasteiger partial charge in [0.2, 0.25) is 5.54 Å². The Labute approximate surface area is 200 Å². The van der Waals surface area contributed by atoms with Gasteiger partial charge in [-0.25, -0.2) is 4.90 Å². The van der Waals surface area contributed by atoms with Crippen LogP contribution in [0.2, 0.25) is 0 Å². The molecule has 6 heteroatoms. The van der Waals surface area contributed by atoms with Crippen molar-refractivity contribution < 1.29 is 24.0 Å². The summed E-state index contributed by atoms with van der Waals surface area (Å²) in [5.74, 6) is 0.441. The maximum absolute atomic E-state index is 13.1. The number of aryl methyl sites for hydroxylation is 1. The Balaban J connectivity index is 1.92. The molecule has 4 rings (SSSR count). The molecule has 34 heavy (non-hydrogen) atoms. The van der Waals surface area contributed by atoms with Gasteiger partial charge >= 0.3 is 0 Å². The zero-order valence-corrected chi connectivity index (χ0v) is 19.9. The Morgan fingerprint density at radius 3 is 2.26 bits per heavy atom. The molecule has 3 aromatic rings. The first-order valence-corrected chi connectivity index (χ1v) is 11.3.